The van der Waals surface area contributed by atoms with Gasteiger partial charge >= 0.3 is 0 Å². The lowest BCUT2D eigenvalue weighted by Crippen LogP contribution is -2.28. The summed E-state index contributed by atoms with van der Waals surface area (Å²) < 4.78 is 51.7. The molecule has 1 aliphatic rings. The summed E-state index contributed by atoms with van der Waals surface area (Å²) >= 11 is 6.10. The van der Waals surface area contributed by atoms with Crippen molar-refractivity contribution in [2.24, 2.45) is 0 Å². The first kappa shape index (κ1) is 19.3. The van der Waals surface area contributed by atoms with Crippen LogP contribution in [0.5, 0.6) is 0 Å². The third-order valence-corrected chi connectivity index (χ3v) is 6.69. The van der Waals surface area contributed by atoms with Gasteiger partial charge in [0.05, 0.1) is 10.6 Å². The van der Waals surface area contributed by atoms with Gasteiger partial charge in [-0.25, -0.2) is 17.2 Å². The smallest absolute Gasteiger partial charge is 0.178 e. The first-order valence-electron chi connectivity index (χ1n) is 8.52. The zero-order valence-electron chi connectivity index (χ0n) is 14.2. The summed E-state index contributed by atoms with van der Waals surface area (Å²) in [6.45, 7) is 0.905. The highest BCUT2D eigenvalue weighted by Gasteiger charge is 2.30. The molecule has 140 valence electrons. The quantitative estimate of drug-likeness (QED) is 0.615. The van der Waals surface area contributed by atoms with Crippen molar-refractivity contribution in [3.05, 3.63) is 64.7 Å². The minimum absolute atomic E-state index is 0.0349. The fourth-order valence-corrected chi connectivity index (χ4v) is 4.45. The molecule has 0 aromatic heterocycles. The van der Waals surface area contributed by atoms with E-state index in [4.69, 9.17) is 11.6 Å². The van der Waals surface area contributed by atoms with Crippen molar-refractivity contribution in [2.45, 2.75) is 36.7 Å². The van der Waals surface area contributed by atoms with E-state index >= 15 is 0 Å². The maximum absolute atomic E-state index is 14.0. The molecule has 0 N–H and O–H groups in total. The van der Waals surface area contributed by atoms with Crippen LogP contribution in [-0.4, -0.2) is 31.7 Å². The maximum atomic E-state index is 14.0. The van der Waals surface area contributed by atoms with Crippen molar-refractivity contribution in [1.82, 2.24) is 4.90 Å². The molecule has 0 saturated heterocycles. The predicted molar refractivity (Wildman–Crippen MR) is 97.9 cm³/mol. The summed E-state index contributed by atoms with van der Waals surface area (Å²) in [6, 6.07) is 9.80. The van der Waals surface area contributed by atoms with Crippen molar-refractivity contribution < 1.29 is 17.2 Å². The lowest BCUT2D eigenvalue weighted by atomic mass is 10.2. The minimum Gasteiger partial charge on any atom is -0.296 e. The van der Waals surface area contributed by atoms with Gasteiger partial charge in [0.2, 0.25) is 0 Å². The van der Waals surface area contributed by atoms with Crippen LogP contribution in [0.15, 0.2) is 47.4 Å². The maximum Gasteiger partial charge on any atom is 0.178 e. The third kappa shape index (κ3) is 4.81. The van der Waals surface area contributed by atoms with Gasteiger partial charge in [-0.05, 0) is 62.2 Å². The Bertz CT molecular complexity index is 847. The van der Waals surface area contributed by atoms with E-state index in [2.05, 4.69) is 4.90 Å². The van der Waals surface area contributed by atoms with Crippen LogP contribution in [0.1, 0.15) is 24.8 Å². The number of nitrogens with zero attached hydrogens (tertiary/aromatic N) is 1. The van der Waals surface area contributed by atoms with Crippen LogP contribution in [0.2, 0.25) is 5.02 Å². The molecule has 0 unspecified atom stereocenters. The lowest BCUT2D eigenvalue weighted by molar-refractivity contribution is 0.252. The minimum atomic E-state index is -3.46. The molecule has 7 heteroatoms. The second-order valence-corrected chi connectivity index (χ2v) is 9.04. The zero-order chi connectivity index (χ0) is 18.7. The van der Waals surface area contributed by atoms with E-state index in [1.807, 2.05) is 0 Å². The highest BCUT2D eigenvalue weighted by atomic mass is 35.5. The summed E-state index contributed by atoms with van der Waals surface area (Å²) in [4.78, 5) is 2.21. The largest absolute Gasteiger partial charge is 0.296 e. The predicted octanol–water partition coefficient (Wildman–Crippen LogP) is 4.45. The molecule has 0 amide bonds. The highest BCUT2D eigenvalue weighted by molar-refractivity contribution is 7.91. The second-order valence-electron chi connectivity index (χ2n) is 6.53. The molecule has 26 heavy (non-hydrogen) atoms. The summed E-state index contributed by atoms with van der Waals surface area (Å²) in [5, 5.41) is 0.384. The average Bonchev–Trinajstić information content (AvgIpc) is 3.42. The topological polar surface area (TPSA) is 37.4 Å². The monoisotopic (exact) mass is 399 g/mol. The number of hydrogen-bond donors (Lipinski definition) is 0. The lowest BCUT2D eigenvalue weighted by Gasteiger charge is -2.23. The first-order chi connectivity index (χ1) is 12.4. The van der Waals surface area contributed by atoms with Crippen molar-refractivity contribution in [3.8, 4) is 0 Å². The molecule has 1 fully saturated rings. The molecule has 0 aliphatic heterocycles. The molecule has 2 aromatic rings. The van der Waals surface area contributed by atoms with E-state index in [0.717, 1.165) is 25.0 Å². The van der Waals surface area contributed by atoms with Crippen molar-refractivity contribution in [1.29, 1.82) is 0 Å². The average molecular weight is 400 g/mol. The Hall–Kier alpha value is -1.50. The SMILES string of the molecule is O=S(=O)(CCCN(Cc1c(F)cccc1Cl)C1CC1)c1ccc(F)cc1. The Balaban J connectivity index is 1.62. The van der Waals surface area contributed by atoms with E-state index in [0.29, 0.717) is 36.1 Å². The fourth-order valence-electron chi connectivity index (χ4n) is 2.93. The Kier molecular flexibility index (Phi) is 5.95. The Morgan fingerprint density at radius 1 is 1.08 bits per heavy atom. The molecule has 3 rings (SSSR count). The third-order valence-electron chi connectivity index (χ3n) is 4.52. The van der Waals surface area contributed by atoms with Crippen molar-refractivity contribution >= 4 is 21.4 Å². The number of hydrogen-bond acceptors (Lipinski definition) is 3. The van der Waals surface area contributed by atoms with E-state index in [1.54, 1.807) is 12.1 Å². The summed E-state index contributed by atoms with van der Waals surface area (Å²) in [5.74, 6) is -0.847. The van der Waals surface area contributed by atoms with E-state index in [1.165, 1.54) is 18.2 Å². The molecule has 0 bridgehead atoms. The molecule has 0 heterocycles. The van der Waals surface area contributed by atoms with Gasteiger partial charge in [0.1, 0.15) is 11.6 Å². The summed E-state index contributed by atoms with van der Waals surface area (Å²) in [5.41, 5.74) is 0.447. The van der Waals surface area contributed by atoms with Gasteiger partial charge in [0.25, 0.3) is 0 Å². The molecule has 0 radical (unpaired) electrons. The van der Waals surface area contributed by atoms with Crippen LogP contribution in [0.4, 0.5) is 8.78 Å². The van der Waals surface area contributed by atoms with Gasteiger partial charge in [-0.1, -0.05) is 17.7 Å². The van der Waals surface area contributed by atoms with Gasteiger partial charge in [-0.3, -0.25) is 4.90 Å². The molecule has 0 spiro atoms. The van der Waals surface area contributed by atoms with Gasteiger partial charge in [-0.2, -0.15) is 0 Å². The van der Waals surface area contributed by atoms with Gasteiger partial charge in [-0.15, -0.1) is 0 Å². The van der Waals surface area contributed by atoms with Crippen LogP contribution in [0.3, 0.4) is 0 Å². The standard InChI is InChI=1S/C19H20ClF2NO2S/c20-18-3-1-4-19(22)17(18)13-23(15-7-8-15)11-2-12-26(24,25)16-9-5-14(21)6-10-16/h1,3-6,9-10,15H,2,7-8,11-13H2. The Morgan fingerprint density at radius 3 is 2.38 bits per heavy atom. The molecule has 3 nitrogen and oxygen atoms in total. The van der Waals surface area contributed by atoms with Crippen molar-refractivity contribution in [3.63, 3.8) is 0 Å². The Labute approximate surface area is 157 Å². The molecule has 1 aliphatic carbocycles. The summed E-state index contributed by atoms with van der Waals surface area (Å²) in [6.07, 6.45) is 2.47. The van der Waals surface area contributed by atoms with Crippen LogP contribution < -0.4 is 0 Å². The van der Waals surface area contributed by atoms with Crippen LogP contribution in [0, 0.1) is 11.6 Å². The zero-order valence-corrected chi connectivity index (χ0v) is 15.7. The van der Waals surface area contributed by atoms with Crippen LogP contribution in [0.25, 0.3) is 0 Å². The van der Waals surface area contributed by atoms with Gasteiger partial charge in [0.15, 0.2) is 9.84 Å². The molecule has 1 saturated carbocycles. The highest BCUT2D eigenvalue weighted by Crippen LogP contribution is 2.31. The van der Waals surface area contributed by atoms with E-state index in [9.17, 15) is 17.2 Å². The fraction of sp³-hybridized carbons (Fsp3) is 0.368. The van der Waals surface area contributed by atoms with Crippen LogP contribution in [-0.2, 0) is 16.4 Å². The Morgan fingerprint density at radius 2 is 1.77 bits per heavy atom. The van der Waals surface area contributed by atoms with Crippen LogP contribution >= 0.6 is 11.6 Å². The normalized spacial score (nSPS) is 14.8. The van der Waals surface area contributed by atoms with E-state index < -0.39 is 15.7 Å². The molecular weight excluding hydrogens is 380 g/mol. The second kappa shape index (κ2) is 8.03. The van der Waals surface area contributed by atoms with Gasteiger partial charge in [0, 0.05) is 23.2 Å². The number of halogens is 3. The number of rotatable bonds is 8. The molecule has 0 atom stereocenters. The van der Waals surface area contributed by atoms with Gasteiger partial charge < -0.3 is 0 Å². The first-order valence-corrected chi connectivity index (χ1v) is 10.5. The molecular formula is C19H20ClF2NO2S. The number of sulfone groups is 1. The molecule has 2 aromatic carbocycles. The van der Waals surface area contributed by atoms with E-state index in [-0.39, 0.29) is 16.5 Å². The van der Waals surface area contributed by atoms with Crippen molar-refractivity contribution in [2.75, 3.05) is 12.3 Å². The summed E-state index contributed by atoms with van der Waals surface area (Å²) in [7, 11) is -3.46. The number of benzene rings is 2.